The molecule has 5 rings (SSSR count). The van der Waals surface area contributed by atoms with E-state index in [1.54, 1.807) is 6.07 Å². The Hall–Kier alpha value is -2.89. The van der Waals surface area contributed by atoms with Gasteiger partial charge in [0.25, 0.3) is 0 Å². The van der Waals surface area contributed by atoms with E-state index in [2.05, 4.69) is 20.9 Å². The number of carboxylic acids is 1. The van der Waals surface area contributed by atoms with Crippen molar-refractivity contribution in [1.29, 1.82) is 0 Å². The maximum atomic E-state index is 11.3. The highest BCUT2D eigenvalue weighted by Gasteiger charge is 2.32. The predicted octanol–water partition coefficient (Wildman–Crippen LogP) is 4.74. The zero-order valence-corrected chi connectivity index (χ0v) is 17.9. The van der Waals surface area contributed by atoms with Crippen molar-refractivity contribution in [3.8, 4) is 11.3 Å². The predicted molar refractivity (Wildman–Crippen MR) is 123 cm³/mol. The normalized spacial score (nSPS) is 18.4. The largest absolute Gasteiger partial charge is 0.478 e. The van der Waals surface area contributed by atoms with Gasteiger partial charge in [0, 0.05) is 54.7 Å². The number of halogens is 1. The summed E-state index contributed by atoms with van der Waals surface area (Å²) in [6.45, 7) is 3.77. The van der Waals surface area contributed by atoms with Crippen LogP contribution in [0.1, 0.15) is 27.9 Å². The molecule has 1 atom stereocenters. The van der Waals surface area contributed by atoms with E-state index < -0.39 is 5.97 Å². The molecule has 1 fully saturated rings. The molecule has 31 heavy (non-hydrogen) atoms. The van der Waals surface area contributed by atoms with Crippen molar-refractivity contribution in [1.82, 2.24) is 9.88 Å². The number of pyridine rings is 1. The van der Waals surface area contributed by atoms with Crippen LogP contribution in [0.3, 0.4) is 0 Å². The van der Waals surface area contributed by atoms with E-state index in [0.717, 1.165) is 60.9 Å². The summed E-state index contributed by atoms with van der Waals surface area (Å²) in [6, 6.07) is 18.0. The maximum Gasteiger partial charge on any atom is 0.335 e. The van der Waals surface area contributed by atoms with Crippen molar-refractivity contribution in [3.05, 3.63) is 82.5 Å². The third kappa shape index (κ3) is 4.03. The van der Waals surface area contributed by atoms with Gasteiger partial charge in [-0.3, -0.25) is 9.88 Å². The van der Waals surface area contributed by atoms with Crippen LogP contribution in [0.4, 0.5) is 5.69 Å². The molecule has 0 unspecified atom stereocenters. The van der Waals surface area contributed by atoms with E-state index >= 15 is 0 Å². The van der Waals surface area contributed by atoms with Gasteiger partial charge in [-0.05, 0) is 60.4 Å². The summed E-state index contributed by atoms with van der Waals surface area (Å²) < 4.78 is 0. The third-order valence-electron chi connectivity index (χ3n) is 6.35. The van der Waals surface area contributed by atoms with Crippen LogP contribution in [0.5, 0.6) is 0 Å². The van der Waals surface area contributed by atoms with Crippen LogP contribution in [-0.4, -0.2) is 46.6 Å². The molecule has 1 aromatic heterocycles. The van der Waals surface area contributed by atoms with Crippen molar-refractivity contribution in [2.24, 2.45) is 0 Å². The van der Waals surface area contributed by atoms with E-state index in [4.69, 9.17) is 11.6 Å². The molecular weight excluding hydrogens is 410 g/mol. The minimum atomic E-state index is -0.859. The van der Waals surface area contributed by atoms with Gasteiger partial charge in [-0.2, -0.15) is 0 Å². The summed E-state index contributed by atoms with van der Waals surface area (Å²) in [6.07, 6.45) is 3.81. The molecule has 0 bridgehead atoms. The second kappa shape index (κ2) is 8.33. The molecule has 3 heterocycles. The molecule has 1 N–H and O–H groups in total. The molecule has 2 aliphatic heterocycles. The van der Waals surface area contributed by atoms with Gasteiger partial charge in [0.15, 0.2) is 0 Å². The number of aromatic carboxylic acids is 1. The zero-order chi connectivity index (χ0) is 21.4. The van der Waals surface area contributed by atoms with Crippen molar-refractivity contribution < 1.29 is 9.90 Å². The van der Waals surface area contributed by atoms with Crippen LogP contribution in [-0.2, 0) is 13.0 Å². The van der Waals surface area contributed by atoms with Crippen LogP contribution >= 0.6 is 11.6 Å². The summed E-state index contributed by atoms with van der Waals surface area (Å²) in [4.78, 5) is 20.9. The van der Waals surface area contributed by atoms with Crippen LogP contribution in [0.25, 0.3) is 11.3 Å². The van der Waals surface area contributed by atoms with Gasteiger partial charge < -0.3 is 10.0 Å². The van der Waals surface area contributed by atoms with Gasteiger partial charge in [0.05, 0.1) is 11.3 Å². The molecule has 0 spiro atoms. The van der Waals surface area contributed by atoms with Crippen molar-refractivity contribution in [2.45, 2.75) is 25.4 Å². The molecule has 5 nitrogen and oxygen atoms in total. The Morgan fingerprint density at radius 3 is 2.77 bits per heavy atom. The lowest BCUT2D eigenvalue weighted by Crippen LogP contribution is -2.54. The fourth-order valence-electron chi connectivity index (χ4n) is 4.82. The van der Waals surface area contributed by atoms with E-state index in [-0.39, 0.29) is 0 Å². The standard InChI is InChI=1S/C25H24ClN3O2/c26-21-7-3-17(4-8-21)24-20(2-1-11-27-24)15-28-12-13-29-22(16-28)9-5-18-14-19(25(30)31)6-10-23(18)29/h1-4,6-8,10-11,14,22H,5,9,12-13,15-16H2,(H,30,31)/t22-/m0/s1. The van der Waals surface area contributed by atoms with Gasteiger partial charge in [0.2, 0.25) is 0 Å². The highest BCUT2D eigenvalue weighted by Crippen LogP contribution is 2.34. The third-order valence-corrected chi connectivity index (χ3v) is 6.60. The average molecular weight is 434 g/mol. The Balaban J connectivity index is 1.33. The number of hydrogen-bond acceptors (Lipinski definition) is 4. The first-order valence-corrected chi connectivity index (χ1v) is 11.0. The Morgan fingerprint density at radius 1 is 1.13 bits per heavy atom. The lowest BCUT2D eigenvalue weighted by Gasteiger charge is -2.46. The smallest absolute Gasteiger partial charge is 0.335 e. The minimum absolute atomic E-state index is 0.377. The molecule has 0 saturated carbocycles. The molecule has 3 aromatic rings. The second-order valence-corrected chi connectivity index (χ2v) is 8.72. The molecule has 0 aliphatic carbocycles. The summed E-state index contributed by atoms with van der Waals surface area (Å²) in [5.74, 6) is -0.859. The van der Waals surface area contributed by atoms with Gasteiger partial charge in [-0.25, -0.2) is 4.79 Å². The zero-order valence-electron chi connectivity index (χ0n) is 17.2. The lowest BCUT2D eigenvalue weighted by atomic mass is 9.92. The molecule has 0 radical (unpaired) electrons. The summed E-state index contributed by atoms with van der Waals surface area (Å²) >= 11 is 6.06. The van der Waals surface area contributed by atoms with Crippen LogP contribution in [0, 0.1) is 0 Å². The quantitative estimate of drug-likeness (QED) is 0.644. The van der Waals surface area contributed by atoms with Crippen molar-refractivity contribution in [3.63, 3.8) is 0 Å². The summed E-state index contributed by atoms with van der Waals surface area (Å²) in [7, 11) is 0. The fourth-order valence-corrected chi connectivity index (χ4v) is 4.95. The summed E-state index contributed by atoms with van der Waals surface area (Å²) in [5.41, 5.74) is 6.05. The molecule has 1 saturated heterocycles. The van der Waals surface area contributed by atoms with Crippen LogP contribution in [0.15, 0.2) is 60.8 Å². The number of aromatic nitrogens is 1. The number of carbonyl (C=O) groups is 1. The number of piperazine rings is 1. The highest BCUT2D eigenvalue weighted by molar-refractivity contribution is 6.30. The number of nitrogens with zero attached hydrogens (tertiary/aromatic N) is 3. The Morgan fingerprint density at radius 2 is 1.97 bits per heavy atom. The number of carboxylic acid groups (broad SMARTS) is 1. The number of fused-ring (bicyclic) bond motifs is 3. The molecule has 6 heteroatoms. The number of benzene rings is 2. The number of hydrogen-bond donors (Lipinski definition) is 1. The lowest BCUT2D eigenvalue weighted by molar-refractivity contribution is 0.0696. The van der Waals surface area contributed by atoms with E-state index in [0.29, 0.717) is 11.6 Å². The highest BCUT2D eigenvalue weighted by atomic mass is 35.5. The van der Waals surface area contributed by atoms with Gasteiger partial charge in [-0.15, -0.1) is 0 Å². The van der Waals surface area contributed by atoms with Gasteiger partial charge in [-0.1, -0.05) is 29.8 Å². The molecule has 2 aromatic carbocycles. The summed E-state index contributed by atoms with van der Waals surface area (Å²) in [5, 5.41) is 10.0. The Labute approximate surface area is 186 Å². The van der Waals surface area contributed by atoms with Crippen molar-refractivity contribution >= 4 is 23.3 Å². The van der Waals surface area contributed by atoms with Gasteiger partial charge in [0.1, 0.15) is 0 Å². The second-order valence-electron chi connectivity index (χ2n) is 8.29. The molecule has 158 valence electrons. The van der Waals surface area contributed by atoms with E-state index in [1.807, 2.05) is 48.7 Å². The van der Waals surface area contributed by atoms with E-state index in [1.165, 1.54) is 11.3 Å². The van der Waals surface area contributed by atoms with Crippen LogP contribution in [0.2, 0.25) is 5.02 Å². The fraction of sp³-hybridized carbons (Fsp3) is 0.280. The first-order chi connectivity index (χ1) is 15.1. The number of rotatable bonds is 4. The average Bonchev–Trinajstić information content (AvgIpc) is 2.79. The Bertz CT molecular complexity index is 1120. The maximum absolute atomic E-state index is 11.3. The number of aryl methyl sites for hydroxylation is 1. The monoisotopic (exact) mass is 433 g/mol. The Kier molecular flexibility index (Phi) is 5.38. The number of anilines is 1. The minimum Gasteiger partial charge on any atom is -0.478 e. The van der Waals surface area contributed by atoms with Crippen LogP contribution < -0.4 is 4.90 Å². The molecular formula is C25H24ClN3O2. The van der Waals surface area contributed by atoms with E-state index in [9.17, 15) is 9.90 Å². The molecule has 0 amide bonds. The topological polar surface area (TPSA) is 56.7 Å². The first kappa shape index (κ1) is 20.0. The first-order valence-electron chi connectivity index (χ1n) is 10.6. The van der Waals surface area contributed by atoms with Gasteiger partial charge >= 0.3 is 5.97 Å². The van der Waals surface area contributed by atoms with Crippen molar-refractivity contribution in [2.75, 3.05) is 24.5 Å². The molecule has 2 aliphatic rings. The SMILES string of the molecule is O=C(O)c1ccc2c(c1)CC[C@H]1CN(Cc3cccnc3-c3ccc(Cl)cc3)CCN21.